The fourth-order valence-electron chi connectivity index (χ4n) is 9.95. The molecule has 4 heteroatoms. The number of allylic oxidation sites excluding steroid dienone is 7. The summed E-state index contributed by atoms with van der Waals surface area (Å²) < 4.78 is 5.35. The van der Waals surface area contributed by atoms with Gasteiger partial charge in [0.15, 0.2) is 6.29 Å². The van der Waals surface area contributed by atoms with E-state index in [0.717, 1.165) is 38.5 Å². The van der Waals surface area contributed by atoms with Gasteiger partial charge in [-0.1, -0.05) is 97.1 Å². The highest BCUT2D eigenvalue weighted by molar-refractivity contribution is 6.32. The van der Waals surface area contributed by atoms with Crippen molar-refractivity contribution in [2.24, 2.45) is 0 Å². The van der Waals surface area contributed by atoms with Gasteiger partial charge in [0.2, 0.25) is 0 Å². The molecule has 51 heavy (non-hydrogen) atoms. The van der Waals surface area contributed by atoms with E-state index in [0.29, 0.717) is 0 Å². The van der Waals surface area contributed by atoms with Crippen LogP contribution < -0.4 is 5.32 Å². The second-order valence-corrected chi connectivity index (χ2v) is 15.1. The van der Waals surface area contributed by atoms with E-state index in [2.05, 4.69) is 148 Å². The summed E-state index contributed by atoms with van der Waals surface area (Å²) in [7, 11) is 2.31. The molecule has 3 heterocycles. The number of aromatic nitrogens is 2. The third kappa shape index (κ3) is 4.29. The number of likely N-dealkylation sites (N-methyl/N-ethyl adjacent to an activating group) is 1. The third-order valence-corrected chi connectivity index (χ3v) is 12.3. The zero-order valence-corrected chi connectivity index (χ0v) is 29.2. The molecule has 4 aliphatic carbocycles. The van der Waals surface area contributed by atoms with Crippen LogP contribution in [0.5, 0.6) is 0 Å². The lowest BCUT2D eigenvalue weighted by Gasteiger charge is -2.41. The minimum absolute atomic E-state index is 0.0192. The van der Waals surface area contributed by atoms with E-state index in [1.54, 1.807) is 5.56 Å². The Morgan fingerprint density at radius 3 is 2.47 bits per heavy atom. The van der Waals surface area contributed by atoms with Crippen molar-refractivity contribution in [2.45, 2.75) is 63.7 Å². The summed E-state index contributed by atoms with van der Waals surface area (Å²) in [5.74, 6) is 0. The number of nitrogens with zero attached hydrogens (tertiary/aromatic N) is 3. The molecule has 250 valence electrons. The molecule has 4 aromatic carbocycles. The number of benzene rings is 4. The second-order valence-electron chi connectivity index (χ2n) is 15.1. The summed E-state index contributed by atoms with van der Waals surface area (Å²) in [6, 6.07) is 25.5. The van der Waals surface area contributed by atoms with Crippen LogP contribution in [0, 0.1) is 0 Å². The zero-order chi connectivity index (χ0) is 33.6. The number of nitrogens with one attached hydrogen (secondary N) is 1. The fraction of sp³-hybridized carbons (Fsp3) is 0.234. The van der Waals surface area contributed by atoms with Gasteiger partial charge in [-0.2, -0.15) is 0 Å². The minimum atomic E-state index is -0.0192. The van der Waals surface area contributed by atoms with Crippen molar-refractivity contribution < 1.29 is 0 Å². The molecule has 0 amide bonds. The SMILES string of the molecule is CN1C2C=CC(c3ccc4c(c3)CCC=C4)=CC2=CNC1n1c2c(c3c4ccccc4c4c5ccccc5n(C5=CC=CCC5)c4c31)CCCC2. The predicted octanol–water partition coefficient (Wildman–Crippen LogP) is 10.8. The Morgan fingerprint density at radius 1 is 0.765 bits per heavy atom. The molecule has 2 atom stereocenters. The van der Waals surface area contributed by atoms with Crippen LogP contribution in [0.3, 0.4) is 0 Å². The van der Waals surface area contributed by atoms with Gasteiger partial charge in [0, 0.05) is 33.7 Å². The standard InChI is InChI=1S/C47H42N4/c1-49-40-26-25-33(32-24-23-30-13-5-6-14-31(30)27-32)28-34(40)29-48-47(49)51-42-22-12-10-20-39(42)44-37-18-8-7-17-36(37)43-38-19-9-11-21-41(38)50(45(43)46(44)51)35-15-3-2-4-16-35/h2-3,5,7-9,11,13,15,17-19,21,23-29,40,47-48H,4,6,10,12,14,16,20,22H2,1H3. The van der Waals surface area contributed by atoms with Gasteiger partial charge in [-0.15, -0.1) is 0 Å². The zero-order valence-electron chi connectivity index (χ0n) is 29.2. The smallest absolute Gasteiger partial charge is 0.162 e. The Labute approximate surface area is 299 Å². The molecule has 0 saturated carbocycles. The maximum atomic E-state index is 3.98. The number of para-hydroxylation sites is 1. The average molecular weight is 663 g/mol. The van der Waals surface area contributed by atoms with Crippen molar-refractivity contribution in [3.63, 3.8) is 0 Å². The van der Waals surface area contributed by atoms with Crippen molar-refractivity contribution in [2.75, 3.05) is 7.05 Å². The van der Waals surface area contributed by atoms with E-state index >= 15 is 0 Å². The van der Waals surface area contributed by atoms with E-state index in [1.807, 2.05) is 0 Å². The van der Waals surface area contributed by atoms with Crippen LogP contribution in [0.25, 0.3) is 60.8 Å². The van der Waals surface area contributed by atoms with Gasteiger partial charge in [0.25, 0.3) is 0 Å². The first-order chi connectivity index (χ1) is 25.2. The van der Waals surface area contributed by atoms with Gasteiger partial charge in [-0.25, -0.2) is 0 Å². The lowest BCUT2D eigenvalue weighted by atomic mass is 9.89. The van der Waals surface area contributed by atoms with Gasteiger partial charge in [-0.05, 0) is 121 Å². The minimum Gasteiger partial charge on any atom is -0.358 e. The fourth-order valence-corrected chi connectivity index (χ4v) is 9.95. The summed E-state index contributed by atoms with van der Waals surface area (Å²) in [5.41, 5.74) is 15.2. The molecule has 11 rings (SSSR count). The Kier molecular flexibility index (Phi) is 6.54. The molecule has 5 aliphatic rings. The Hall–Kier alpha value is -5.32. The number of fused-ring (bicyclic) bond motifs is 12. The van der Waals surface area contributed by atoms with E-state index in [9.17, 15) is 0 Å². The van der Waals surface area contributed by atoms with E-state index in [4.69, 9.17) is 0 Å². The summed E-state index contributed by atoms with van der Waals surface area (Å²) in [5, 5.41) is 10.9. The van der Waals surface area contributed by atoms with Crippen LogP contribution in [-0.2, 0) is 19.3 Å². The maximum Gasteiger partial charge on any atom is 0.162 e. The highest BCUT2D eigenvalue weighted by atomic mass is 15.4. The molecule has 2 aromatic heterocycles. The van der Waals surface area contributed by atoms with Crippen molar-refractivity contribution in [1.82, 2.24) is 19.4 Å². The highest BCUT2D eigenvalue weighted by Gasteiger charge is 2.36. The van der Waals surface area contributed by atoms with Crippen molar-refractivity contribution in [1.29, 1.82) is 0 Å². The third-order valence-electron chi connectivity index (χ3n) is 12.3. The molecule has 4 nitrogen and oxygen atoms in total. The number of rotatable bonds is 3. The van der Waals surface area contributed by atoms with E-state index in [-0.39, 0.29) is 12.3 Å². The predicted molar refractivity (Wildman–Crippen MR) is 214 cm³/mol. The van der Waals surface area contributed by atoms with Crippen molar-refractivity contribution in [3.8, 4) is 0 Å². The van der Waals surface area contributed by atoms with Gasteiger partial charge in [-0.3, -0.25) is 4.90 Å². The van der Waals surface area contributed by atoms with Crippen LogP contribution in [0.15, 0.2) is 121 Å². The van der Waals surface area contributed by atoms with Crippen LogP contribution in [0.2, 0.25) is 0 Å². The first kappa shape index (κ1) is 29.4. The Bertz CT molecular complexity index is 2650. The van der Waals surface area contributed by atoms with Crippen molar-refractivity contribution in [3.05, 3.63) is 149 Å². The van der Waals surface area contributed by atoms with Crippen molar-refractivity contribution >= 4 is 60.8 Å². The summed E-state index contributed by atoms with van der Waals surface area (Å²) in [6.45, 7) is 0. The Morgan fingerprint density at radius 2 is 1.59 bits per heavy atom. The number of aryl methyl sites for hydroxylation is 2. The van der Waals surface area contributed by atoms with Crippen LogP contribution >= 0.6 is 0 Å². The quantitative estimate of drug-likeness (QED) is 0.204. The van der Waals surface area contributed by atoms with Crippen LogP contribution in [0.1, 0.15) is 66.3 Å². The molecule has 2 unspecified atom stereocenters. The number of hydrogen-bond donors (Lipinski definition) is 1. The molecule has 1 aliphatic heterocycles. The first-order valence-corrected chi connectivity index (χ1v) is 19.0. The van der Waals surface area contributed by atoms with Gasteiger partial charge in [0.1, 0.15) is 0 Å². The Balaban J connectivity index is 1.15. The second kappa shape index (κ2) is 11.3. The van der Waals surface area contributed by atoms with Gasteiger partial charge >= 0.3 is 0 Å². The van der Waals surface area contributed by atoms with E-state index < -0.39 is 0 Å². The average Bonchev–Trinajstić information content (AvgIpc) is 3.72. The van der Waals surface area contributed by atoms with Crippen LogP contribution in [-0.4, -0.2) is 27.1 Å². The monoisotopic (exact) mass is 662 g/mol. The molecule has 0 spiro atoms. The molecule has 0 radical (unpaired) electrons. The highest BCUT2D eigenvalue weighted by Crippen LogP contribution is 2.48. The number of hydrogen-bond acceptors (Lipinski definition) is 2. The first-order valence-electron chi connectivity index (χ1n) is 19.0. The van der Waals surface area contributed by atoms with E-state index in [1.165, 1.54) is 95.6 Å². The topological polar surface area (TPSA) is 25.1 Å². The molecule has 0 fully saturated rings. The molecular formula is C47H42N4. The molecule has 0 saturated heterocycles. The molecular weight excluding hydrogens is 621 g/mol. The molecule has 0 bridgehead atoms. The maximum absolute atomic E-state index is 3.98. The van der Waals surface area contributed by atoms with Gasteiger partial charge in [0.05, 0.1) is 22.6 Å². The molecule has 1 N–H and O–H groups in total. The summed E-state index contributed by atoms with van der Waals surface area (Å²) in [4.78, 5) is 2.56. The summed E-state index contributed by atoms with van der Waals surface area (Å²) >= 11 is 0. The largest absolute Gasteiger partial charge is 0.358 e. The molecule has 6 aromatic rings. The van der Waals surface area contributed by atoms with Gasteiger partial charge < -0.3 is 14.5 Å². The summed E-state index contributed by atoms with van der Waals surface area (Å²) in [6.07, 6.45) is 30.0. The van der Waals surface area contributed by atoms with Crippen LogP contribution in [0.4, 0.5) is 0 Å². The lowest BCUT2D eigenvalue weighted by Crippen LogP contribution is -2.48. The lowest BCUT2D eigenvalue weighted by molar-refractivity contribution is 0.127. The normalized spacial score (nSPS) is 21.4.